The first-order valence-corrected chi connectivity index (χ1v) is 10.4. The van der Waals surface area contributed by atoms with E-state index in [1.54, 1.807) is 12.4 Å². The molecule has 6 nitrogen and oxygen atoms in total. The second kappa shape index (κ2) is 4.82. The highest BCUT2D eigenvalue weighted by Gasteiger charge is 3.08. The van der Waals surface area contributed by atoms with Gasteiger partial charge in [0.15, 0.2) is 0 Å². The number of aromatic nitrogens is 2. The average molecular weight is 400 g/mol. The maximum Gasteiger partial charge on any atom is 0.314 e. The summed E-state index contributed by atoms with van der Waals surface area (Å²) in [7, 11) is 2.84. The molecule has 1 spiro atoms. The Labute approximate surface area is 173 Å². The number of carbonyl (C=O) groups excluding carboxylic acids is 2. The first-order chi connectivity index (χ1) is 14.6. The molecule has 150 valence electrons. The van der Waals surface area contributed by atoms with Crippen LogP contribution >= 0.6 is 0 Å². The molecule has 7 rings (SSSR count). The SMILES string of the molecule is COC(=O)[C@@]12[C@@H]3[C@@H]([C@H]4C=C[C@@H]3C4)[C@]1(C(=O)OC)C21c2cccnc2-c2ncccc21. The van der Waals surface area contributed by atoms with Crippen molar-refractivity contribution in [3.8, 4) is 11.4 Å². The maximum absolute atomic E-state index is 13.7. The van der Waals surface area contributed by atoms with E-state index in [4.69, 9.17) is 9.47 Å². The van der Waals surface area contributed by atoms with Crippen molar-refractivity contribution in [2.75, 3.05) is 14.2 Å². The van der Waals surface area contributed by atoms with Crippen LogP contribution in [0, 0.1) is 34.5 Å². The minimum Gasteiger partial charge on any atom is -0.469 e. The van der Waals surface area contributed by atoms with Gasteiger partial charge in [-0.3, -0.25) is 19.6 Å². The number of pyridine rings is 2. The van der Waals surface area contributed by atoms with Gasteiger partial charge in [0.25, 0.3) is 0 Å². The molecule has 30 heavy (non-hydrogen) atoms. The van der Waals surface area contributed by atoms with Gasteiger partial charge in [0, 0.05) is 12.4 Å². The molecule has 0 N–H and O–H groups in total. The van der Waals surface area contributed by atoms with Gasteiger partial charge in [0.1, 0.15) is 10.8 Å². The Morgan fingerprint density at radius 2 is 1.33 bits per heavy atom. The van der Waals surface area contributed by atoms with Crippen molar-refractivity contribution in [1.82, 2.24) is 9.97 Å². The fraction of sp³-hybridized carbons (Fsp3) is 0.417. The molecule has 3 saturated carbocycles. The van der Waals surface area contributed by atoms with E-state index in [1.165, 1.54) is 14.2 Å². The van der Waals surface area contributed by atoms with Gasteiger partial charge in [0.05, 0.1) is 31.0 Å². The smallest absolute Gasteiger partial charge is 0.314 e. The molecule has 5 aliphatic rings. The van der Waals surface area contributed by atoms with Gasteiger partial charge in [0.2, 0.25) is 0 Å². The van der Waals surface area contributed by atoms with E-state index in [1.807, 2.05) is 24.3 Å². The van der Waals surface area contributed by atoms with Crippen molar-refractivity contribution in [2.45, 2.75) is 11.8 Å². The van der Waals surface area contributed by atoms with Crippen molar-refractivity contribution < 1.29 is 19.1 Å². The zero-order chi connectivity index (χ0) is 20.5. The molecular formula is C24H20N2O4. The van der Waals surface area contributed by atoms with Gasteiger partial charge in [-0.1, -0.05) is 24.3 Å². The Bertz CT molecular complexity index is 1110. The monoisotopic (exact) mass is 400 g/mol. The van der Waals surface area contributed by atoms with E-state index in [-0.39, 0.29) is 35.6 Å². The fourth-order valence-electron chi connectivity index (χ4n) is 8.55. The van der Waals surface area contributed by atoms with Gasteiger partial charge < -0.3 is 9.47 Å². The van der Waals surface area contributed by atoms with Crippen molar-refractivity contribution in [3.63, 3.8) is 0 Å². The zero-order valence-corrected chi connectivity index (χ0v) is 16.7. The van der Waals surface area contributed by atoms with Gasteiger partial charge in [-0.15, -0.1) is 0 Å². The highest BCUT2D eigenvalue weighted by Crippen LogP contribution is 3.00. The second-order valence-electron chi connectivity index (χ2n) is 9.15. The van der Waals surface area contributed by atoms with Crippen molar-refractivity contribution in [1.29, 1.82) is 0 Å². The number of allylic oxidation sites excluding steroid dienone is 2. The summed E-state index contributed by atoms with van der Waals surface area (Å²) in [5, 5.41) is 0. The highest BCUT2D eigenvalue weighted by atomic mass is 16.5. The first kappa shape index (κ1) is 16.7. The number of hydrogen-bond donors (Lipinski definition) is 0. The molecular weight excluding hydrogens is 380 g/mol. The number of nitrogens with zero attached hydrogens (tertiary/aromatic N) is 2. The lowest BCUT2D eigenvalue weighted by molar-refractivity contribution is -0.179. The summed E-state index contributed by atoms with van der Waals surface area (Å²) < 4.78 is 10.9. The summed E-state index contributed by atoms with van der Waals surface area (Å²) in [4.78, 5) is 36.6. The predicted octanol–water partition coefficient (Wildman–Crippen LogP) is 2.53. The molecule has 6 heteroatoms. The quantitative estimate of drug-likeness (QED) is 0.438. The van der Waals surface area contributed by atoms with Gasteiger partial charge >= 0.3 is 11.9 Å². The topological polar surface area (TPSA) is 78.4 Å². The number of methoxy groups -OCH3 is 2. The summed E-state index contributed by atoms with van der Waals surface area (Å²) in [6.45, 7) is 0. The third-order valence-electron chi connectivity index (χ3n) is 8.86. The predicted molar refractivity (Wildman–Crippen MR) is 105 cm³/mol. The van der Waals surface area contributed by atoms with Crippen LogP contribution < -0.4 is 0 Å². The van der Waals surface area contributed by atoms with Crippen LogP contribution in [-0.4, -0.2) is 36.1 Å². The summed E-state index contributed by atoms with van der Waals surface area (Å²) in [6.07, 6.45) is 8.92. The Kier molecular flexibility index (Phi) is 2.69. The zero-order valence-electron chi connectivity index (χ0n) is 16.7. The molecule has 0 amide bonds. The average Bonchev–Trinajstić information content (AvgIpc) is 3.21. The Balaban J connectivity index is 1.63. The minimum atomic E-state index is -0.983. The van der Waals surface area contributed by atoms with E-state index < -0.39 is 16.2 Å². The molecule has 2 aromatic rings. The highest BCUT2D eigenvalue weighted by molar-refractivity contribution is 6.08. The van der Waals surface area contributed by atoms with E-state index >= 15 is 0 Å². The lowest BCUT2D eigenvalue weighted by Crippen LogP contribution is -2.56. The lowest BCUT2D eigenvalue weighted by atomic mass is 9.53. The molecule has 5 aliphatic carbocycles. The second-order valence-corrected chi connectivity index (χ2v) is 9.15. The summed E-state index contributed by atoms with van der Waals surface area (Å²) in [6, 6.07) is 7.76. The molecule has 0 aliphatic heterocycles. The van der Waals surface area contributed by atoms with Gasteiger partial charge in [-0.2, -0.15) is 0 Å². The van der Waals surface area contributed by atoms with Crippen LogP contribution in [0.3, 0.4) is 0 Å². The van der Waals surface area contributed by atoms with Gasteiger partial charge in [-0.25, -0.2) is 0 Å². The molecule has 2 aromatic heterocycles. The van der Waals surface area contributed by atoms with Crippen molar-refractivity contribution in [2.24, 2.45) is 34.5 Å². The Hall–Kier alpha value is -3.02. The third-order valence-corrected chi connectivity index (χ3v) is 8.86. The fourth-order valence-corrected chi connectivity index (χ4v) is 8.55. The lowest BCUT2D eigenvalue weighted by Gasteiger charge is -2.48. The van der Waals surface area contributed by atoms with Crippen LogP contribution in [0.4, 0.5) is 0 Å². The number of fused-ring (bicyclic) bond motifs is 15. The summed E-state index contributed by atoms with van der Waals surface area (Å²) in [5.74, 6) is 0.0222. The minimum absolute atomic E-state index is 0.0539. The van der Waals surface area contributed by atoms with Crippen LogP contribution in [0.15, 0.2) is 48.8 Å². The molecule has 3 fully saturated rings. The standard InChI is InChI=1S/C24H20N2O4/c1-29-20(27)23-16-12-7-8-13(11-12)17(16)24(23,21(28)30-2)22(23)14-5-3-9-25-18(14)19-15(22)6-4-10-26-19/h3-10,12-13,16-17H,11H2,1-2H3/t12-,13+,16+,17-,23-,24+. The molecule has 0 unspecified atom stereocenters. The molecule has 2 bridgehead atoms. The van der Waals surface area contributed by atoms with Crippen LogP contribution in [0.5, 0.6) is 0 Å². The van der Waals surface area contributed by atoms with Crippen molar-refractivity contribution >= 4 is 11.9 Å². The number of esters is 2. The first-order valence-electron chi connectivity index (χ1n) is 10.4. The number of carbonyl (C=O) groups is 2. The van der Waals surface area contributed by atoms with Crippen LogP contribution in [-0.2, 0) is 24.5 Å². The van der Waals surface area contributed by atoms with Gasteiger partial charge in [-0.05, 0) is 53.4 Å². The Morgan fingerprint density at radius 3 is 1.77 bits per heavy atom. The number of rotatable bonds is 2. The molecule has 0 aromatic carbocycles. The van der Waals surface area contributed by atoms with Crippen LogP contribution in [0.2, 0.25) is 0 Å². The number of hydrogen-bond acceptors (Lipinski definition) is 6. The molecule has 6 atom stereocenters. The van der Waals surface area contributed by atoms with E-state index in [0.29, 0.717) is 0 Å². The third kappa shape index (κ3) is 1.21. The maximum atomic E-state index is 13.7. The summed E-state index contributed by atoms with van der Waals surface area (Å²) in [5.41, 5.74) is 0.517. The van der Waals surface area contributed by atoms with E-state index in [0.717, 1.165) is 28.9 Å². The van der Waals surface area contributed by atoms with Crippen LogP contribution in [0.1, 0.15) is 17.5 Å². The van der Waals surface area contributed by atoms with E-state index in [9.17, 15) is 9.59 Å². The number of ether oxygens (including phenoxy) is 2. The summed E-state index contributed by atoms with van der Waals surface area (Å²) >= 11 is 0. The molecule has 0 saturated heterocycles. The normalized spacial score (nSPS) is 38.9. The largest absolute Gasteiger partial charge is 0.469 e. The van der Waals surface area contributed by atoms with E-state index in [2.05, 4.69) is 22.1 Å². The Morgan fingerprint density at radius 1 is 0.867 bits per heavy atom. The van der Waals surface area contributed by atoms with Crippen molar-refractivity contribution in [3.05, 3.63) is 59.9 Å². The molecule has 2 heterocycles. The molecule has 0 radical (unpaired) electrons. The van der Waals surface area contributed by atoms with Crippen LogP contribution in [0.25, 0.3) is 11.4 Å².